The Labute approximate surface area is 403 Å². The summed E-state index contributed by atoms with van der Waals surface area (Å²) in [5.41, 5.74) is 27.4. The Morgan fingerprint density at radius 3 is 1.70 bits per heavy atom. The molecule has 2 nitrogen and oxygen atoms in total. The zero-order valence-corrected chi connectivity index (χ0v) is 39.2. The van der Waals surface area contributed by atoms with E-state index in [-0.39, 0.29) is 10.8 Å². The molecule has 0 bridgehead atoms. The van der Waals surface area contributed by atoms with Crippen molar-refractivity contribution < 1.29 is 0 Å². The molecule has 11 aromatic rings. The Morgan fingerprint density at radius 1 is 0.348 bits per heavy atom. The van der Waals surface area contributed by atoms with Crippen molar-refractivity contribution >= 4 is 38.9 Å². The highest BCUT2D eigenvalue weighted by Crippen LogP contribution is 2.62. The van der Waals surface area contributed by atoms with Gasteiger partial charge < -0.3 is 9.47 Å². The molecule has 2 heterocycles. The molecule has 0 fully saturated rings. The summed E-state index contributed by atoms with van der Waals surface area (Å²) in [6.07, 6.45) is 0. The summed E-state index contributed by atoms with van der Waals surface area (Å²) in [5, 5.41) is 2.58. The highest BCUT2D eigenvalue weighted by molar-refractivity contribution is 6.13. The number of fused-ring (bicyclic) bond motifs is 18. The zero-order chi connectivity index (χ0) is 46.0. The molecule has 2 heteroatoms. The third-order valence-electron chi connectivity index (χ3n) is 16.8. The minimum absolute atomic E-state index is 0.157. The fourth-order valence-corrected chi connectivity index (χ4v) is 13.9. The second kappa shape index (κ2) is 13.5. The molecule has 0 N–H and O–H groups in total. The number of benzene rings is 10. The zero-order valence-electron chi connectivity index (χ0n) is 39.2. The van der Waals surface area contributed by atoms with Crippen LogP contribution < -0.4 is 4.90 Å². The highest BCUT2D eigenvalue weighted by atomic mass is 15.1. The molecule has 3 aliphatic carbocycles. The molecule has 1 atom stereocenters. The van der Waals surface area contributed by atoms with Gasteiger partial charge in [0.05, 0.1) is 33.5 Å². The molecule has 1 aliphatic heterocycles. The van der Waals surface area contributed by atoms with Crippen molar-refractivity contribution in [1.29, 1.82) is 0 Å². The van der Waals surface area contributed by atoms with Crippen molar-refractivity contribution in [3.63, 3.8) is 0 Å². The molecule has 15 rings (SSSR count). The number of para-hydroxylation sites is 4. The van der Waals surface area contributed by atoms with E-state index in [9.17, 15) is 0 Å². The summed E-state index contributed by atoms with van der Waals surface area (Å²) >= 11 is 0. The van der Waals surface area contributed by atoms with Crippen molar-refractivity contribution in [3.8, 4) is 50.2 Å². The van der Waals surface area contributed by atoms with Crippen LogP contribution >= 0.6 is 0 Å². The Bertz CT molecular complexity index is 4050. The minimum Gasteiger partial charge on any atom is -0.310 e. The maximum atomic E-state index is 2.59. The van der Waals surface area contributed by atoms with Crippen molar-refractivity contribution in [2.45, 2.75) is 43.9 Å². The normalized spacial score (nSPS) is 16.7. The van der Waals surface area contributed by atoms with Crippen LogP contribution in [-0.2, 0) is 16.2 Å². The van der Waals surface area contributed by atoms with Crippen LogP contribution in [0.1, 0.15) is 72.2 Å². The van der Waals surface area contributed by atoms with Crippen LogP contribution in [0.15, 0.2) is 218 Å². The second-order valence-corrected chi connectivity index (χ2v) is 20.8. The first-order valence-corrected chi connectivity index (χ1v) is 24.5. The van der Waals surface area contributed by atoms with Crippen molar-refractivity contribution in [3.05, 3.63) is 263 Å². The highest BCUT2D eigenvalue weighted by Gasteiger charge is 2.51. The van der Waals surface area contributed by atoms with Gasteiger partial charge in [0.15, 0.2) is 0 Å². The lowest BCUT2D eigenvalue weighted by Gasteiger charge is -2.39. The van der Waals surface area contributed by atoms with E-state index in [4.69, 9.17) is 0 Å². The molecule has 0 radical (unpaired) electrons. The molecular weight excluding hydrogens is 833 g/mol. The van der Waals surface area contributed by atoms with Gasteiger partial charge in [-0.3, -0.25) is 0 Å². The van der Waals surface area contributed by atoms with Crippen LogP contribution in [-0.4, -0.2) is 4.57 Å². The molecule has 4 aliphatic rings. The van der Waals surface area contributed by atoms with Crippen molar-refractivity contribution in [2.24, 2.45) is 0 Å². The van der Waals surface area contributed by atoms with Crippen LogP contribution in [0.2, 0.25) is 0 Å². The third-order valence-corrected chi connectivity index (χ3v) is 16.8. The molecule has 0 saturated heterocycles. The van der Waals surface area contributed by atoms with E-state index in [1.807, 2.05) is 0 Å². The fourth-order valence-electron chi connectivity index (χ4n) is 13.9. The van der Waals surface area contributed by atoms with E-state index in [0.29, 0.717) is 0 Å². The average molecular weight is 881 g/mol. The second-order valence-electron chi connectivity index (χ2n) is 20.8. The Kier molecular flexibility index (Phi) is 7.60. The van der Waals surface area contributed by atoms with Gasteiger partial charge in [-0.1, -0.05) is 204 Å². The number of aromatic nitrogens is 1. The summed E-state index contributed by atoms with van der Waals surface area (Å²) in [6, 6.07) is 83.0. The summed E-state index contributed by atoms with van der Waals surface area (Å²) < 4.78 is 2.53. The fraction of sp³-hybridized carbons (Fsp3) is 0.104. The summed E-state index contributed by atoms with van der Waals surface area (Å²) in [5.74, 6) is 0. The van der Waals surface area contributed by atoms with Crippen LogP contribution in [0, 0.1) is 0 Å². The third kappa shape index (κ3) is 4.81. The van der Waals surface area contributed by atoms with Crippen molar-refractivity contribution in [1.82, 2.24) is 4.57 Å². The molecule has 10 aromatic carbocycles. The standard InChI is InChI=1S/C67H48N2/c1-65(2)52-26-10-5-20-44(52)47-38-36-42(40-57(47)65)68(62-34-18-24-50-46-22-6-11-27-53(46)66(3,4)63(50)62)59-31-14-8-19-43(59)41-35-37-48-45-21-7-12-28-54(45)67(58(48)39-41)55-29-13-16-33-61(55)69-60-32-15-9-23-49(60)51-25-17-30-56(67)64(51)69/h5-40H,1-4H3. The average Bonchev–Trinajstić information content (AvgIpc) is 4.04. The van der Waals surface area contributed by atoms with Gasteiger partial charge in [-0.2, -0.15) is 0 Å². The van der Waals surface area contributed by atoms with Crippen molar-refractivity contribution in [2.75, 3.05) is 4.90 Å². The van der Waals surface area contributed by atoms with E-state index in [0.717, 1.165) is 11.4 Å². The summed E-state index contributed by atoms with van der Waals surface area (Å²) in [7, 11) is 0. The number of hydrogen-bond acceptors (Lipinski definition) is 1. The quantitative estimate of drug-likeness (QED) is 0.171. The predicted molar refractivity (Wildman–Crippen MR) is 287 cm³/mol. The van der Waals surface area contributed by atoms with Gasteiger partial charge in [0, 0.05) is 32.9 Å². The van der Waals surface area contributed by atoms with E-state index < -0.39 is 5.41 Å². The minimum atomic E-state index is -0.548. The van der Waals surface area contributed by atoms with Gasteiger partial charge >= 0.3 is 0 Å². The van der Waals surface area contributed by atoms with E-state index in [1.54, 1.807) is 0 Å². The van der Waals surface area contributed by atoms with E-state index in [2.05, 4.69) is 256 Å². The number of nitrogens with zero attached hydrogens (tertiary/aromatic N) is 2. The van der Waals surface area contributed by atoms with Gasteiger partial charge in [0.1, 0.15) is 0 Å². The predicted octanol–water partition coefficient (Wildman–Crippen LogP) is 17.2. The Morgan fingerprint density at radius 2 is 0.884 bits per heavy atom. The number of rotatable bonds is 4. The van der Waals surface area contributed by atoms with Crippen LogP contribution in [0.3, 0.4) is 0 Å². The van der Waals surface area contributed by atoms with Gasteiger partial charge in [0.2, 0.25) is 0 Å². The summed E-state index contributed by atoms with van der Waals surface area (Å²) in [4.78, 5) is 2.59. The Hall–Kier alpha value is -8.20. The molecule has 0 amide bonds. The van der Waals surface area contributed by atoms with Gasteiger partial charge in [-0.15, -0.1) is 0 Å². The van der Waals surface area contributed by atoms with Crippen LogP contribution in [0.25, 0.3) is 72.0 Å². The monoisotopic (exact) mass is 880 g/mol. The Balaban J connectivity index is 1.00. The first-order valence-electron chi connectivity index (χ1n) is 24.5. The molecular formula is C67H48N2. The van der Waals surface area contributed by atoms with Gasteiger partial charge in [-0.05, 0) is 126 Å². The maximum Gasteiger partial charge on any atom is 0.0754 e. The van der Waals surface area contributed by atoms with E-state index in [1.165, 1.54) is 122 Å². The maximum absolute atomic E-state index is 2.59. The van der Waals surface area contributed by atoms with Crippen LogP contribution in [0.5, 0.6) is 0 Å². The molecule has 0 saturated carbocycles. The first-order chi connectivity index (χ1) is 33.8. The largest absolute Gasteiger partial charge is 0.310 e. The smallest absolute Gasteiger partial charge is 0.0754 e. The first kappa shape index (κ1) is 38.9. The van der Waals surface area contributed by atoms with Gasteiger partial charge in [-0.25, -0.2) is 0 Å². The lowest BCUT2D eigenvalue weighted by atomic mass is 9.65. The van der Waals surface area contributed by atoms with Crippen LogP contribution in [0.4, 0.5) is 17.1 Å². The molecule has 1 spiro atoms. The number of hydrogen-bond donors (Lipinski definition) is 0. The topological polar surface area (TPSA) is 8.17 Å². The SMILES string of the molecule is CC1(C)c2ccccc2-c2ccc(N(c3ccccc3-c3ccc4c(c3)C3(c5ccccc5-4)c4ccccc4-n4c5ccccc5c5cccc3c54)c3cccc4c3C(C)(C)c3ccccc3-4)cc21. The molecule has 1 unspecified atom stereocenters. The number of anilines is 3. The van der Waals surface area contributed by atoms with Gasteiger partial charge in [0.25, 0.3) is 0 Å². The summed E-state index contributed by atoms with van der Waals surface area (Å²) in [6.45, 7) is 9.60. The van der Waals surface area contributed by atoms with E-state index >= 15 is 0 Å². The molecule has 326 valence electrons. The molecule has 1 aromatic heterocycles. The molecule has 69 heavy (non-hydrogen) atoms. The lowest BCUT2D eigenvalue weighted by molar-refractivity contribution is 0.658. The lowest BCUT2D eigenvalue weighted by Crippen LogP contribution is -2.33.